The summed E-state index contributed by atoms with van der Waals surface area (Å²) in [4.78, 5) is 1.45. The number of ether oxygens (including phenoxy) is 2. The van der Waals surface area contributed by atoms with E-state index in [0.717, 1.165) is 48.7 Å². The van der Waals surface area contributed by atoms with Gasteiger partial charge < -0.3 is 19.5 Å². The van der Waals surface area contributed by atoms with Gasteiger partial charge in [-0.05, 0) is 40.2 Å². The number of benzene rings is 2. The number of hydrogen-bond acceptors (Lipinski definition) is 3. The van der Waals surface area contributed by atoms with Crippen molar-refractivity contribution in [1.82, 2.24) is 0 Å². The first-order valence-electron chi connectivity index (χ1n) is 10.9. The number of methoxy groups -OCH3 is 2. The first kappa shape index (κ1) is 22.5. The molecule has 4 nitrogen and oxygen atoms in total. The molecule has 1 heterocycles. The molecule has 0 fully saturated rings. The Morgan fingerprint density at radius 3 is 2.00 bits per heavy atom. The number of quaternary nitrogens is 1. The van der Waals surface area contributed by atoms with Crippen LogP contribution in [-0.4, -0.2) is 25.9 Å². The van der Waals surface area contributed by atoms with Gasteiger partial charge in [0.1, 0.15) is 18.8 Å². The van der Waals surface area contributed by atoms with Crippen LogP contribution in [0.2, 0.25) is 0 Å². The molecule has 0 aliphatic carbocycles. The summed E-state index contributed by atoms with van der Waals surface area (Å²) < 4.78 is 11.0. The van der Waals surface area contributed by atoms with Crippen molar-refractivity contribution in [2.75, 3.05) is 20.8 Å². The Kier molecular flexibility index (Phi) is 6.10. The molecule has 164 valence electrons. The number of aromatic hydroxyl groups is 1. The molecule has 1 aliphatic heterocycles. The highest BCUT2D eigenvalue weighted by Gasteiger charge is 2.28. The Labute approximate surface area is 181 Å². The van der Waals surface area contributed by atoms with E-state index in [1.54, 1.807) is 14.2 Å². The van der Waals surface area contributed by atoms with E-state index in [1.807, 2.05) is 0 Å². The largest absolute Gasteiger partial charge is 0.507 e. The third kappa shape index (κ3) is 4.59. The van der Waals surface area contributed by atoms with Crippen molar-refractivity contribution in [2.24, 2.45) is 0 Å². The molecule has 0 spiro atoms. The van der Waals surface area contributed by atoms with Crippen LogP contribution in [0.5, 0.6) is 17.2 Å². The standard InChI is InChI=1S/C26H37NO3/c1-25(2,3)20-11-19(24(28)21(14-20)26(4,5)6)16-27-10-9-17-12-22(29-7)23(30-8)13-18(17)15-27/h11-14,28H,9-10,15-16H2,1-8H3/p+1. The van der Waals surface area contributed by atoms with Crippen molar-refractivity contribution in [3.63, 3.8) is 0 Å². The molecule has 2 aromatic rings. The second-order valence-electron chi connectivity index (χ2n) is 10.6. The molecule has 0 bridgehead atoms. The van der Waals surface area contributed by atoms with Gasteiger partial charge >= 0.3 is 0 Å². The molecule has 0 saturated carbocycles. The summed E-state index contributed by atoms with van der Waals surface area (Å²) in [5.41, 5.74) is 5.93. The molecule has 1 atom stereocenters. The zero-order chi connectivity index (χ0) is 22.3. The summed E-state index contributed by atoms with van der Waals surface area (Å²) in [7, 11) is 3.37. The van der Waals surface area contributed by atoms with Crippen LogP contribution in [0.1, 0.15) is 69.4 Å². The minimum Gasteiger partial charge on any atom is -0.507 e. The van der Waals surface area contributed by atoms with Crippen molar-refractivity contribution in [3.05, 3.63) is 52.1 Å². The van der Waals surface area contributed by atoms with Crippen LogP contribution in [0, 0.1) is 0 Å². The highest BCUT2D eigenvalue weighted by Crippen LogP contribution is 2.37. The highest BCUT2D eigenvalue weighted by atomic mass is 16.5. The Morgan fingerprint density at radius 2 is 1.47 bits per heavy atom. The van der Waals surface area contributed by atoms with Gasteiger partial charge in [-0.3, -0.25) is 0 Å². The van der Waals surface area contributed by atoms with Crippen LogP contribution >= 0.6 is 0 Å². The molecule has 0 aromatic heterocycles. The third-order valence-corrected chi connectivity index (χ3v) is 6.20. The van der Waals surface area contributed by atoms with Crippen LogP contribution in [0.25, 0.3) is 0 Å². The van der Waals surface area contributed by atoms with Crippen molar-refractivity contribution < 1.29 is 19.5 Å². The second kappa shape index (κ2) is 8.14. The van der Waals surface area contributed by atoms with Gasteiger partial charge in [0.15, 0.2) is 11.5 Å². The quantitative estimate of drug-likeness (QED) is 0.793. The lowest BCUT2D eigenvalue weighted by molar-refractivity contribution is -0.929. The molecule has 4 heteroatoms. The van der Waals surface area contributed by atoms with Crippen LogP contribution in [0.15, 0.2) is 24.3 Å². The number of rotatable bonds is 4. The minimum absolute atomic E-state index is 0.0379. The molecule has 0 radical (unpaired) electrons. The Balaban J connectivity index is 1.94. The summed E-state index contributed by atoms with van der Waals surface area (Å²) in [6, 6.07) is 8.62. The lowest BCUT2D eigenvalue weighted by Crippen LogP contribution is -3.10. The van der Waals surface area contributed by atoms with Crippen molar-refractivity contribution in [3.8, 4) is 17.2 Å². The minimum atomic E-state index is -0.103. The molecular formula is C26H38NO3+. The van der Waals surface area contributed by atoms with Gasteiger partial charge in [0.05, 0.1) is 20.8 Å². The van der Waals surface area contributed by atoms with Gasteiger partial charge in [-0.25, -0.2) is 0 Å². The van der Waals surface area contributed by atoms with Crippen molar-refractivity contribution in [2.45, 2.75) is 71.9 Å². The maximum Gasteiger partial charge on any atom is 0.161 e. The highest BCUT2D eigenvalue weighted by molar-refractivity contribution is 5.49. The topological polar surface area (TPSA) is 43.1 Å². The molecule has 1 aliphatic rings. The van der Waals surface area contributed by atoms with Crippen molar-refractivity contribution in [1.29, 1.82) is 0 Å². The predicted molar refractivity (Wildman–Crippen MR) is 122 cm³/mol. The second-order valence-corrected chi connectivity index (χ2v) is 10.6. The first-order chi connectivity index (χ1) is 13.9. The fourth-order valence-electron chi connectivity index (χ4n) is 4.28. The Bertz CT molecular complexity index is 919. The van der Waals surface area contributed by atoms with Gasteiger partial charge in [0.25, 0.3) is 0 Å². The smallest absolute Gasteiger partial charge is 0.161 e. The van der Waals surface area contributed by atoms with Gasteiger partial charge in [-0.2, -0.15) is 0 Å². The van der Waals surface area contributed by atoms with E-state index in [1.165, 1.54) is 21.6 Å². The summed E-state index contributed by atoms with van der Waals surface area (Å²) in [6.45, 7) is 16.0. The predicted octanol–water partition coefficient (Wildman–Crippen LogP) is 4.15. The molecule has 3 rings (SSSR count). The zero-order valence-corrected chi connectivity index (χ0v) is 19.9. The van der Waals surface area contributed by atoms with E-state index in [4.69, 9.17) is 9.47 Å². The van der Waals surface area contributed by atoms with Gasteiger partial charge in [0.2, 0.25) is 0 Å². The average molecular weight is 413 g/mol. The van der Waals surface area contributed by atoms with E-state index in [-0.39, 0.29) is 10.8 Å². The van der Waals surface area contributed by atoms with E-state index in [9.17, 15) is 5.11 Å². The summed E-state index contributed by atoms with van der Waals surface area (Å²) >= 11 is 0. The van der Waals surface area contributed by atoms with Crippen LogP contribution in [0.3, 0.4) is 0 Å². The van der Waals surface area contributed by atoms with Gasteiger partial charge in [-0.15, -0.1) is 0 Å². The molecule has 0 saturated heterocycles. The molecule has 1 unspecified atom stereocenters. The molecular weight excluding hydrogens is 374 g/mol. The number of phenolic OH excluding ortho intramolecular Hbond substituents is 1. The molecule has 2 N–H and O–H groups in total. The number of fused-ring (bicyclic) bond motifs is 1. The van der Waals surface area contributed by atoms with Gasteiger partial charge in [0, 0.05) is 23.1 Å². The maximum atomic E-state index is 11.1. The lowest BCUT2D eigenvalue weighted by Gasteiger charge is -2.30. The fourth-order valence-corrected chi connectivity index (χ4v) is 4.28. The summed E-state index contributed by atoms with van der Waals surface area (Å²) in [5.74, 6) is 2.04. The first-order valence-corrected chi connectivity index (χ1v) is 10.9. The van der Waals surface area contributed by atoms with Crippen LogP contribution in [-0.2, 0) is 30.3 Å². The maximum absolute atomic E-state index is 11.1. The summed E-state index contributed by atoms with van der Waals surface area (Å²) in [6.07, 6.45) is 0.997. The Morgan fingerprint density at radius 1 is 0.867 bits per heavy atom. The molecule has 0 amide bonds. The monoisotopic (exact) mass is 412 g/mol. The number of nitrogens with one attached hydrogen (secondary N) is 1. The van der Waals surface area contributed by atoms with Crippen LogP contribution < -0.4 is 14.4 Å². The average Bonchev–Trinajstić information content (AvgIpc) is 2.66. The SMILES string of the molecule is COc1cc2c(cc1OC)C[NH+](Cc1cc(C(C)(C)C)cc(C(C)(C)C)c1O)CC2. The van der Waals surface area contributed by atoms with E-state index in [2.05, 4.69) is 65.8 Å². The number of phenols is 1. The number of hydrogen-bond donors (Lipinski definition) is 2. The summed E-state index contributed by atoms with van der Waals surface area (Å²) in [5, 5.41) is 11.1. The van der Waals surface area contributed by atoms with Crippen molar-refractivity contribution >= 4 is 0 Å². The van der Waals surface area contributed by atoms with Gasteiger partial charge in [-0.1, -0.05) is 47.6 Å². The van der Waals surface area contributed by atoms with E-state index in [0.29, 0.717) is 5.75 Å². The molecule has 2 aromatic carbocycles. The normalized spacial score (nSPS) is 16.9. The van der Waals surface area contributed by atoms with Crippen LogP contribution in [0.4, 0.5) is 0 Å². The fraction of sp³-hybridized carbons (Fsp3) is 0.538. The van der Waals surface area contributed by atoms with E-state index >= 15 is 0 Å². The third-order valence-electron chi connectivity index (χ3n) is 6.20. The molecule has 30 heavy (non-hydrogen) atoms. The van der Waals surface area contributed by atoms with E-state index < -0.39 is 0 Å². The lowest BCUT2D eigenvalue weighted by atomic mass is 9.79. The Hall–Kier alpha value is -2.20. The zero-order valence-electron chi connectivity index (χ0n) is 19.9.